The Labute approximate surface area is 86.8 Å². The average molecular weight is 206 g/mol. The molecular weight excluding hydrogens is 196 g/mol. The van der Waals surface area contributed by atoms with E-state index in [9.17, 15) is 15.0 Å². The Kier molecular flexibility index (Phi) is 3.19. The second-order valence-corrected chi connectivity index (χ2v) is 2.91. The lowest BCUT2D eigenvalue weighted by molar-refractivity contribution is 0.0693. The third-order valence-electron chi connectivity index (χ3n) is 1.88. The van der Waals surface area contributed by atoms with Crippen LogP contribution < -0.4 is 0 Å². The number of carboxylic acid groups (broad SMARTS) is 1. The van der Waals surface area contributed by atoms with Crippen LogP contribution in [0.2, 0.25) is 0 Å². The van der Waals surface area contributed by atoms with Crippen LogP contribution in [0, 0.1) is 11.8 Å². The Bertz CT molecular complexity index is 452. The van der Waals surface area contributed by atoms with Crippen molar-refractivity contribution in [1.82, 2.24) is 0 Å². The summed E-state index contributed by atoms with van der Waals surface area (Å²) in [7, 11) is 0. The second kappa shape index (κ2) is 4.38. The molecule has 0 bridgehead atoms. The minimum atomic E-state index is -1.24. The molecule has 1 aromatic carbocycles. The fourth-order valence-corrected chi connectivity index (χ4v) is 1.12. The SMILES string of the molecule is CC#CCc1cc(C(=O)O)c(O)cc1O. The third-order valence-corrected chi connectivity index (χ3v) is 1.88. The minimum Gasteiger partial charge on any atom is -0.507 e. The molecule has 4 nitrogen and oxygen atoms in total. The fourth-order valence-electron chi connectivity index (χ4n) is 1.12. The van der Waals surface area contributed by atoms with E-state index in [0.29, 0.717) is 5.56 Å². The number of phenols is 2. The van der Waals surface area contributed by atoms with Gasteiger partial charge in [-0.1, -0.05) is 5.92 Å². The average Bonchev–Trinajstić information content (AvgIpc) is 2.16. The first-order valence-corrected chi connectivity index (χ1v) is 4.24. The van der Waals surface area contributed by atoms with Crippen LogP contribution in [-0.2, 0) is 6.42 Å². The predicted molar refractivity (Wildman–Crippen MR) is 53.9 cm³/mol. The van der Waals surface area contributed by atoms with Crippen molar-refractivity contribution < 1.29 is 20.1 Å². The quantitative estimate of drug-likeness (QED) is 0.638. The van der Waals surface area contributed by atoms with Crippen molar-refractivity contribution in [1.29, 1.82) is 0 Å². The van der Waals surface area contributed by atoms with Crippen LogP contribution in [-0.4, -0.2) is 21.3 Å². The number of phenolic OH excluding ortho intramolecular Hbond substituents is 1. The molecule has 0 aliphatic rings. The van der Waals surface area contributed by atoms with Crippen LogP contribution in [0.5, 0.6) is 11.5 Å². The van der Waals surface area contributed by atoms with E-state index in [1.165, 1.54) is 6.07 Å². The molecule has 0 saturated carbocycles. The zero-order valence-corrected chi connectivity index (χ0v) is 8.11. The maximum atomic E-state index is 10.7. The van der Waals surface area contributed by atoms with E-state index in [0.717, 1.165) is 6.07 Å². The summed E-state index contributed by atoms with van der Waals surface area (Å²) in [5.74, 6) is 3.50. The molecule has 0 saturated heterocycles. The normalized spacial score (nSPS) is 9.13. The third kappa shape index (κ3) is 2.41. The Morgan fingerprint density at radius 1 is 1.33 bits per heavy atom. The van der Waals surface area contributed by atoms with E-state index in [-0.39, 0.29) is 17.7 Å². The highest BCUT2D eigenvalue weighted by atomic mass is 16.4. The van der Waals surface area contributed by atoms with Crippen molar-refractivity contribution in [2.24, 2.45) is 0 Å². The standard InChI is InChI=1S/C11H10O4/c1-2-3-4-7-5-8(11(14)15)10(13)6-9(7)12/h5-6,12-13H,4H2,1H3,(H,14,15). The number of benzene rings is 1. The number of aromatic carboxylic acids is 1. The number of carbonyl (C=O) groups is 1. The molecule has 0 heterocycles. The molecule has 0 atom stereocenters. The first kappa shape index (κ1) is 10.9. The van der Waals surface area contributed by atoms with E-state index >= 15 is 0 Å². The van der Waals surface area contributed by atoms with Gasteiger partial charge < -0.3 is 15.3 Å². The van der Waals surface area contributed by atoms with Crippen LogP contribution in [0.25, 0.3) is 0 Å². The molecule has 1 aromatic rings. The second-order valence-electron chi connectivity index (χ2n) is 2.91. The van der Waals surface area contributed by atoms with Gasteiger partial charge in [0.1, 0.15) is 17.1 Å². The van der Waals surface area contributed by atoms with Crippen molar-refractivity contribution in [3.8, 4) is 23.3 Å². The van der Waals surface area contributed by atoms with Gasteiger partial charge in [-0.05, 0) is 13.0 Å². The summed E-state index contributed by atoms with van der Waals surface area (Å²) < 4.78 is 0. The first-order valence-electron chi connectivity index (χ1n) is 4.24. The van der Waals surface area contributed by atoms with E-state index < -0.39 is 11.7 Å². The molecule has 3 N–H and O–H groups in total. The van der Waals surface area contributed by atoms with Gasteiger partial charge in [-0.2, -0.15) is 0 Å². The molecule has 0 spiro atoms. The molecule has 78 valence electrons. The zero-order chi connectivity index (χ0) is 11.4. The molecule has 15 heavy (non-hydrogen) atoms. The van der Waals surface area contributed by atoms with E-state index in [4.69, 9.17) is 5.11 Å². The summed E-state index contributed by atoms with van der Waals surface area (Å²) in [4.78, 5) is 10.7. The molecule has 0 amide bonds. The topological polar surface area (TPSA) is 77.8 Å². The van der Waals surface area contributed by atoms with Crippen molar-refractivity contribution in [3.63, 3.8) is 0 Å². The van der Waals surface area contributed by atoms with Gasteiger partial charge in [0.15, 0.2) is 0 Å². The summed E-state index contributed by atoms with van der Waals surface area (Å²) >= 11 is 0. The summed E-state index contributed by atoms with van der Waals surface area (Å²) in [5, 5.41) is 27.4. The van der Waals surface area contributed by atoms with Gasteiger partial charge in [0, 0.05) is 18.1 Å². The lowest BCUT2D eigenvalue weighted by Crippen LogP contribution is -1.98. The minimum absolute atomic E-state index is 0.153. The maximum absolute atomic E-state index is 10.7. The van der Waals surface area contributed by atoms with E-state index in [1.54, 1.807) is 6.92 Å². The van der Waals surface area contributed by atoms with Gasteiger partial charge in [0.2, 0.25) is 0 Å². The van der Waals surface area contributed by atoms with Gasteiger partial charge in [0.05, 0.1) is 0 Å². The Morgan fingerprint density at radius 2 is 2.00 bits per heavy atom. The lowest BCUT2D eigenvalue weighted by Gasteiger charge is -2.04. The van der Waals surface area contributed by atoms with Crippen molar-refractivity contribution in [2.45, 2.75) is 13.3 Å². The van der Waals surface area contributed by atoms with Crippen molar-refractivity contribution >= 4 is 5.97 Å². The molecule has 0 aliphatic carbocycles. The number of hydrogen-bond acceptors (Lipinski definition) is 3. The van der Waals surface area contributed by atoms with Gasteiger partial charge >= 0.3 is 5.97 Å². The summed E-state index contributed by atoms with van der Waals surface area (Å²) in [5.41, 5.74) is 0.153. The highest BCUT2D eigenvalue weighted by Crippen LogP contribution is 2.27. The molecule has 0 radical (unpaired) electrons. The van der Waals surface area contributed by atoms with Crippen molar-refractivity contribution in [3.05, 3.63) is 23.3 Å². The number of rotatable bonds is 2. The summed E-state index contributed by atoms with van der Waals surface area (Å²) in [6, 6.07) is 2.23. The maximum Gasteiger partial charge on any atom is 0.339 e. The molecule has 0 aliphatic heterocycles. The molecule has 4 heteroatoms. The van der Waals surface area contributed by atoms with Crippen LogP contribution in [0.4, 0.5) is 0 Å². The van der Waals surface area contributed by atoms with Crippen molar-refractivity contribution in [2.75, 3.05) is 0 Å². The zero-order valence-electron chi connectivity index (χ0n) is 8.11. The molecule has 0 fully saturated rings. The number of carboxylic acids is 1. The smallest absolute Gasteiger partial charge is 0.339 e. The molecular formula is C11H10O4. The van der Waals surface area contributed by atoms with Crippen LogP contribution in [0.3, 0.4) is 0 Å². The van der Waals surface area contributed by atoms with Crippen LogP contribution >= 0.6 is 0 Å². The van der Waals surface area contributed by atoms with Gasteiger partial charge in [0.25, 0.3) is 0 Å². The monoisotopic (exact) mass is 206 g/mol. The molecule has 0 aromatic heterocycles. The van der Waals surface area contributed by atoms with Crippen LogP contribution in [0.15, 0.2) is 12.1 Å². The largest absolute Gasteiger partial charge is 0.507 e. The van der Waals surface area contributed by atoms with Gasteiger partial charge in [-0.25, -0.2) is 4.79 Å². The van der Waals surface area contributed by atoms with Crippen LogP contribution in [0.1, 0.15) is 22.8 Å². The molecule has 0 unspecified atom stereocenters. The first-order chi connectivity index (χ1) is 7.06. The summed E-state index contributed by atoms with van der Waals surface area (Å²) in [6.07, 6.45) is 0.253. The summed E-state index contributed by atoms with van der Waals surface area (Å²) in [6.45, 7) is 1.65. The van der Waals surface area contributed by atoms with Gasteiger partial charge in [-0.15, -0.1) is 5.92 Å². The number of aromatic hydroxyl groups is 2. The highest BCUT2D eigenvalue weighted by Gasteiger charge is 2.13. The Hall–Kier alpha value is -2.15. The predicted octanol–water partition coefficient (Wildman–Crippen LogP) is 1.36. The fraction of sp³-hybridized carbons (Fsp3) is 0.182. The number of hydrogen-bond donors (Lipinski definition) is 3. The molecule has 1 rings (SSSR count). The van der Waals surface area contributed by atoms with E-state index in [1.807, 2.05) is 0 Å². The Morgan fingerprint density at radius 3 is 2.53 bits per heavy atom. The highest BCUT2D eigenvalue weighted by molar-refractivity contribution is 5.91. The van der Waals surface area contributed by atoms with E-state index in [2.05, 4.69) is 11.8 Å². The Balaban J connectivity index is 3.21. The van der Waals surface area contributed by atoms with Gasteiger partial charge in [-0.3, -0.25) is 0 Å². The lowest BCUT2D eigenvalue weighted by atomic mass is 10.1.